The lowest BCUT2D eigenvalue weighted by molar-refractivity contribution is -0.200. The molecule has 0 unspecified atom stereocenters. The molecule has 4 aliphatic carbocycles. The van der Waals surface area contributed by atoms with Gasteiger partial charge in [-0.2, -0.15) is 5.26 Å². The predicted molar refractivity (Wildman–Crippen MR) is 85.5 cm³/mol. The first-order valence-electron chi connectivity index (χ1n) is 8.82. The number of ether oxygens (including phenoxy) is 1. The zero-order valence-electron chi connectivity index (χ0n) is 14.5. The lowest BCUT2D eigenvalue weighted by Crippen LogP contribution is -2.59. The number of likely N-dealkylation sites (N-methyl/N-ethyl adjacent to an activating group) is 1. The van der Waals surface area contributed by atoms with E-state index in [0.29, 0.717) is 24.8 Å². The predicted octanol–water partition coefficient (Wildman–Crippen LogP) is 1.62. The molecule has 0 aliphatic heterocycles. The minimum atomic E-state index is -0.858. The normalized spacial score (nSPS) is 37.6. The Bertz CT molecular complexity index is 568. The maximum absolute atomic E-state index is 12.8. The first-order valence-corrected chi connectivity index (χ1v) is 8.82. The molecule has 0 saturated heterocycles. The lowest BCUT2D eigenvalue weighted by atomic mass is 9.48. The quantitative estimate of drug-likeness (QED) is 0.772. The molecule has 6 heteroatoms. The number of carbonyl (C=O) groups excluding carboxylic acids is 2. The van der Waals surface area contributed by atoms with Crippen LogP contribution in [-0.2, 0) is 14.3 Å². The number of hydrogen-bond donors (Lipinski definition) is 1. The highest BCUT2D eigenvalue weighted by molar-refractivity contribution is 5.85. The second kappa shape index (κ2) is 6.03. The van der Waals surface area contributed by atoms with Crippen LogP contribution in [0.4, 0.5) is 0 Å². The van der Waals surface area contributed by atoms with Crippen molar-refractivity contribution in [3.8, 4) is 6.07 Å². The molecule has 0 radical (unpaired) electrons. The van der Waals surface area contributed by atoms with Gasteiger partial charge in [0.15, 0.2) is 6.10 Å². The van der Waals surface area contributed by atoms with Crippen LogP contribution in [0.1, 0.15) is 51.9 Å². The summed E-state index contributed by atoms with van der Waals surface area (Å²) in [5, 5.41) is 19.3. The average molecular weight is 334 g/mol. The van der Waals surface area contributed by atoms with E-state index in [1.807, 2.05) is 6.07 Å². The van der Waals surface area contributed by atoms with Gasteiger partial charge in [0.05, 0.1) is 23.5 Å². The number of aliphatic hydroxyl groups is 1. The number of rotatable bonds is 5. The lowest BCUT2D eigenvalue weighted by Gasteiger charge is -2.58. The molecule has 4 bridgehead atoms. The van der Waals surface area contributed by atoms with Crippen molar-refractivity contribution < 1.29 is 19.4 Å². The Morgan fingerprint density at radius 3 is 2.50 bits per heavy atom. The second-order valence-corrected chi connectivity index (χ2v) is 8.18. The molecular formula is C18H26N2O4. The zero-order chi connectivity index (χ0) is 17.5. The van der Waals surface area contributed by atoms with E-state index in [9.17, 15) is 14.7 Å². The van der Waals surface area contributed by atoms with Crippen molar-refractivity contribution in [2.24, 2.45) is 17.3 Å². The highest BCUT2D eigenvalue weighted by Crippen LogP contribution is 2.62. The zero-order valence-corrected chi connectivity index (χ0v) is 14.5. The molecule has 0 spiro atoms. The molecule has 0 aromatic heterocycles. The summed E-state index contributed by atoms with van der Waals surface area (Å²) in [7, 11) is 1.61. The Labute approximate surface area is 142 Å². The fourth-order valence-electron chi connectivity index (χ4n) is 5.43. The Balaban J connectivity index is 1.65. The van der Waals surface area contributed by atoms with Crippen molar-refractivity contribution in [2.45, 2.75) is 63.6 Å². The van der Waals surface area contributed by atoms with Crippen LogP contribution < -0.4 is 0 Å². The molecule has 1 amide bonds. The highest BCUT2D eigenvalue weighted by atomic mass is 16.5. The molecule has 0 heterocycles. The van der Waals surface area contributed by atoms with Gasteiger partial charge in [0, 0.05) is 13.6 Å². The maximum atomic E-state index is 12.8. The number of esters is 1. The second-order valence-electron chi connectivity index (χ2n) is 8.18. The van der Waals surface area contributed by atoms with Crippen LogP contribution in [0, 0.1) is 28.6 Å². The summed E-state index contributed by atoms with van der Waals surface area (Å²) in [6.45, 7) is 1.91. The van der Waals surface area contributed by atoms with Crippen LogP contribution in [0.5, 0.6) is 0 Å². The van der Waals surface area contributed by atoms with E-state index in [-0.39, 0.29) is 18.3 Å². The van der Waals surface area contributed by atoms with Gasteiger partial charge in [0.25, 0.3) is 5.91 Å². The van der Waals surface area contributed by atoms with Gasteiger partial charge in [-0.3, -0.25) is 9.59 Å². The van der Waals surface area contributed by atoms with Crippen molar-refractivity contribution >= 4 is 11.9 Å². The Hall–Kier alpha value is -1.61. The fraction of sp³-hybridized carbons (Fsp3) is 0.833. The van der Waals surface area contributed by atoms with Crippen LogP contribution in [-0.4, -0.2) is 47.2 Å². The van der Waals surface area contributed by atoms with Crippen molar-refractivity contribution in [1.29, 1.82) is 5.26 Å². The summed E-state index contributed by atoms with van der Waals surface area (Å²) < 4.78 is 5.52. The minimum Gasteiger partial charge on any atom is -0.452 e. The smallest absolute Gasteiger partial charge is 0.312 e. The highest BCUT2D eigenvalue weighted by Gasteiger charge is 2.61. The standard InChI is InChI=1S/C18H26N2O4/c1-12(15(21)20(2)5-3-4-19)24-16(22)17-7-13-6-14(8-17)10-18(23,9-13)11-17/h12-14,23H,3,5-11H2,1-2H3/t12-,13-,14-,17?,18?/m1/s1. The number of hydrogen-bond acceptors (Lipinski definition) is 5. The van der Waals surface area contributed by atoms with E-state index >= 15 is 0 Å². The summed E-state index contributed by atoms with van der Waals surface area (Å²) >= 11 is 0. The average Bonchev–Trinajstić information content (AvgIpc) is 2.49. The van der Waals surface area contributed by atoms with Crippen molar-refractivity contribution in [2.75, 3.05) is 13.6 Å². The molecule has 1 N–H and O–H groups in total. The molecule has 3 atom stereocenters. The molecule has 132 valence electrons. The van der Waals surface area contributed by atoms with Gasteiger partial charge in [-0.05, 0) is 57.3 Å². The molecule has 4 rings (SSSR count). The van der Waals surface area contributed by atoms with Crippen LogP contribution in [0.15, 0.2) is 0 Å². The number of amides is 1. The third-order valence-corrected chi connectivity index (χ3v) is 6.03. The Morgan fingerprint density at radius 1 is 1.33 bits per heavy atom. The number of nitrogens with zero attached hydrogens (tertiary/aromatic N) is 2. The first-order chi connectivity index (χ1) is 11.3. The van der Waals surface area contributed by atoms with E-state index in [1.54, 1.807) is 14.0 Å². The third-order valence-electron chi connectivity index (χ3n) is 6.03. The van der Waals surface area contributed by atoms with Crippen LogP contribution >= 0.6 is 0 Å². The van der Waals surface area contributed by atoms with Crippen molar-refractivity contribution in [1.82, 2.24) is 4.90 Å². The third kappa shape index (κ3) is 3.02. The van der Waals surface area contributed by atoms with Crippen LogP contribution in [0.25, 0.3) is 0 Å². The molecule has 4 fully saturated rings. The van der Waals surface area contributed by atoms with E-state index in [0.717, 1.165) is 32.1 Å². The molecule has 4 saturated carbocycles. The van der Waals surface area contributed by atoms with E-state index in [4.69, 9.17) is 10.00 Å². The Morgan fingerprint density at radius 2 is 1.96 bits per heavy atom. The summed E-state index contributed by atoms with van der Waals surface area (Å²) in [4.78, 5) is 26.5. The molecule has 6 nitrogen and oxygen atoms in total. The van der Waals surface area contributed by atoms with E-state index in [1.165, 1.54) is 4.90 Å². The molecular weight excluding hydrogens is 308 g/mol. The number of carbonyl (C=O) groups is 2. The topological polar surface area (TPSA) is 90.6 Å². The molecule has 4 aliphatic rings. The van der Waals surface area contributed by atoms with Gasteiger partial charge < -0.3 is 14.7 Å². The van der Waals surface area contributed by atoms with Crippen molar-refractivity contribution in [3.63, 3.8) is 0 Å². The summed E-state index contributed by atoms with van der Waals surface area (Å²) in [6.07, 6.45) is 4.10. The first kappa shape index (κ1) is 17.2. The Kier molecular flexibility index (Phi) is 4.33. The van der Waals surface area contributed by atoms with Crippen LogP contribution in [0.2, 0.25) is 0 Å². The monoisotopic (exact) mass is 334 g/mol. The summed E-state index contributed by atoms with van der Waals surface area (Å²) in [5.41, 5.74) is -1.33. The maximum Gasteiger partial charge on any atom is 0.312 e. The molecule has 0 aromatic rings. The summed E-state index contributed by atoms with van der Waals surface area (Å²) in [6, 6.07) is 2.00. The van der Waals surface area contributed by atoms with Crippen molar-refractivity contribution in [3.05, 3.63) is 0 Å². The largest absolute Gasteiger partial charge is 0.452 e. The van der Waals surface area contributed by atoms with Gasteiger partial charge in [-0.1, -0.05) is 0 Å². The minimum absolute atomic E-state index is 0.253. The van der Waals surface area contributed by atoms with Gasteiger partial charge in [-0.15, -0.1) is 0 Å². The SMILES string of the molecule is C[C@@H](OC(=O)C12C[C@H]3C[C@@H](CC(O)(C3)C1)C2)C(=O)N(C)CCC#N. The van der Waals surface area contributed by atoms with Gasteiger partial charge >= 0.3 is 5.97 Å². The number of nitriles is 1. The van der Waals surface area contributed by atoms with E-state index in [2.05, 4.69) is 0 Å². The van der Waals surface area contributed by atoms with Gasteiger partial charge in [0.1, 0.15) is 0 Å². The fourth-order valence-corrected chi connectivity index (χ4v) is 5.43. The van der Waals surface area contributed by atoms with Gasteiger partial charge in [0.2, 0.25) is 0 Å². The molecule has 24 heavy (non-hydrogen) atoms. The molecule has 0 aromatic carbocycles. The summed E-state index contributed by atoms with van der Waals surface area (Å²) in [5.74, 6) is 0.174. The van der Waals surface area contributed by atoms with E-state index < -0.39 is 17.1 Å². The van der Waals surface area contributed by atoms with Crippen LogP contribution in [0.3, 0.4) is 0 Å². The van der Waals surface area contributed by atoms with Gasteiger partial charge in [-0.25, -0.2) is 0 Å².